The van der Waals surface area contributed by atoms with Crippen LogP contribution in [0, 0.1) is 0 Å². The first kappa shape index (κ1) is 20.9. The summed E-state index contributed by atoms with van der Waals surface area (Å²) in [4.78, 5) is 27.2. The van der Waals surface area contributed by atoms with Crippen LogP contribution in [-0.4, -0.2) is 32.4 Å². The number of aromatic nitrogens is 1. The fraction of sp³-hybridized carbons (Fsp3) is 0.222. The summed E-state index contributed by atoms with van der Waals surface area (Å²) >= 11 is 0. The normalized spacial score (nSPS) is 13.6. The minimum atomic E-state index is -3.55. The van der Waals surface area contributed by atoms with E-state index in [1.807, 2.05) is 0 Å². The summed E-state index contributed by atoms with van der Waals surface area (Å²) in [6, 6.07) is 9.59. The average Bonchev–Trinajstić information content (AvgIpc) is 2.65. The van der Waals surface area contributed by atoms with E-state index in [2.05, 4.69) is 15.6 Å². The molecule has 1 amide bonds. The SMILES string of the molecule is Cl.O=C(NC/C=C/S(=O)(=O)c1ccccc1)c1cc2c([nH]c1=O)CCNC2. The summed E-state index contributed by atoms with van der Waals surface area (Å²) in [6.07, 6.45) is 2.06. The topological polar surface area (TPSA) is 108 Å². The molecule has 2 heterocycles. The second-order valence-electron chi connectivity index (χ2n) is 5.88. The number of sulfone groups is 1. The third kappa shape index (κ3) is 5.06. The van der Waals surface area contributed by atoms with E-state index in [-0.39, 0.29) is 29.4 Å². The minimum absolute atomic E-state index is 0. The van der Waals surface area contributed by atoms with Crippen LogP contribution in [0.5, 0.6) is 0 Å². The number of amides is 1. The van der Waals surface area contributed by atoms with Gasteiger partial charge in [-0.2, -0.15) is 0 Å². The van der Waals surface area contributed by atoms with Gasteiger partial charge in [-0.3, -0.25) is 9.59 Å². The standard InChI is InChI=1S/C18H19N3O4S.ClH/c22-17(15-11-13-12-19-9-7-16(13)21-18(15)23)20-8-4-10-26(24,25)14-5-2-1-3-6-14;/h1-6,10-11,19H,7-9,12H2,(H,20,22)(H,21,23);1H/b10-4+;. The van der Waals surface area contributed by atoms with E-state index in [0.29, 0.717) is 13.0 Å². The van der Waals surface area contributed by atoms with Gasteiger partial charge < -0.3 is 15.6 Å². The predicted molar refractivity (Wildman–Crippen MR) is 105 cm³/mol. The van der Waals surface area contributed by atoms with Gasteiger partial charge in [0.25, 0.3) is 11.5 Å². The van der Waals surface area contributed by atoms with E-state index in [1.165, 1.54) is 18.2 Å². The molecular formula is C18H20ClN3O4S. The van der Waals surface area contributed by atoms with Gasteiger partial charge in [0.15, 0.2) is 9.84 Å². The molecule has 0 aliphatic carbocycles. The molecule has 0 unspecified atom stereocenters. The highest BCUT2D eigenvalue weighted by molar-refractivity contribution is 7.94. The van der Waals surface area contributed by atoms with Crippen molar-refractivity contribution in [2.45, 2.75) is 17.9 Å². The summed E-state index contributed by atoms with van der Waals surface area (Å²) in [5.74, 6) is -0.540. The molecule has 0 saturated heterocycles. The lowest BCUT2D eigenvalue weighted by Gasteiger charge is -2.17. The van der Waals surface area contributed by atoms with Crippen molar-refractivity contribution in [2.24, 2.45) is 0 Å². The maximum absolute atomic E-state index is 12.2. The number of fused-ring (bicyclic) bond motifs is 1. The van der Waals surface area contributed by atoms with Crippen LogP contribution in [0.25, 0.3) is 0 Å². The number of H-pyrrole nitrogens is 1. The zero-order valence-electron chi connectivity index (χ0n) is 14.4. The van der Waals surface area contributed by atoms with Gasteiger partial charge in [-0.25, -0.2) is 8.42 Å². The highest BCUT2D eigenvalue weighted by atomic mass is 35.5. The molecule has 9 heteroatoms. The maximum atomic E-state index is 12.2. The van der Waals surface area contributed by atoms with Crippen molar-refractivity contribution in [3.05, 3.63) is 75.1 Å². The number of nitrogens with one attached hydrogen (secondary N) is 3. The number of aromatic amines is 1. The zero-order chi connectivity index (χ0) is 18.6. The largest absolute Gasteiger partial charge is 0.348 e. The van der Waals surface area contributed by atoms with Crippen molar-refractivity contribution in [1.29, 1.82) is 0 Å². The molecule has 27 heavy (non-hydrogen) atoms. The number of rotatable bonds is 5. The number of carbonyl (C=O) groups is 1. The fourth-order valence-electron chi connectivity index (χ4n) is 2.71. The maximum Gasteiger partial charge on any atom is 0.261 e. The van der Waals surface area contributed by atoms with E-state index in [0.717, 1.165) is 23.2 Å². The van der Waals surface area contributed by atoms with Crippen molar-refractivity contribution in [3.8, 4) is 0 Å². The summed E-state index contributed by atoms with van der Waals surface area (Å²) < 4.78 is 24.2. The molecule has 0 bridgehead atoms. The first-order chi connectivity index (χ1) is 12.5. The Kier molecular flexibility index (Phi) is 6.95. The Bertz CT molecular complexity index is 1000. The van der Waals surface area contributed by atoms with Crippen LogP contribution >= 0.6 is 12.4 Å². The third-order valence-corrected chi connectivity index (χ3v) is 5.53. The quantitative estimate of drug-likeness (QED) is 0.686. The van der Waals surface area contributed by atoms with Crippen molar-refractivity contribution in [2.75, 3.05) is 13.1 Å². The molecule has 3 N–H and O–H groups in total. The number of benzene rings is 1. The monoisotopic (exact) mass is 409 g/mol. The van der Waals surface area contributed by atoms with Crippen LogP contribution in [0.2, 0.25) is 0 Å². The number of hydrogen-bond donors (Lipinski definition) is 3. The highest BCUT2D eigenvalue weighted by Gasteiger charge is 2.16. The molecule has 0 saturated carbocycles. The Hall–Kier alpha value is -2.42. The van der Waals surface area contributed by atoms with E-state index in [1.54, 1.807) is 24.3 Å². The Morgan fingerprint density at radius 3 is 2.70 bits per heavy atom. The summed E-state index contributed by atoms with van der Waals surface area (Å²) in [7, 11) is -3.55. The second-order valence-corrected chi connectivity index (χ2v) is 7.72. The van der Waals surface area contributed by atoms with Crippen LogP contribution in [0.3, 0.4) is 0 Å². The number of carbonyl (C=O) groups excluding carboxylic acids is 1. The summed E-state index contributed by atoms with van der Waals surface area (Å²) in [6.45, 7) is 1.39. The van der Waals surface area contributed by atoms with Crippen LogP contribution < -0.4 is 16.2 Å². The molecular weight excluding hydrogens is 390 g/mol. The zero-order valence-corrected chi connectivity index (χ0v) is 16.0. The van der Waals surface area contributed by atoms with E-state index in [9.17, 15) is 18.0 Å². The van der Waals surface area contributed by atoms with Gasteiger partial charge in [0.1, 0.15) is 5.56 Å². The van der Waals surface area contributed by atoms with Gasteiger partial charge in [0.05, 0.1) is 4.90 Å². The van der Waals surface area contributed by atoms with Crippen molar-refractivity contribution < 1.29 is 13.2 Å². The summed E-state index contributed by atoms with van der Waals surface area (Å²) in [5, 5.41) is 6.76. The third-order valence-electron chi connectivity index (χ3n) is 4.05. The van der Waals surface area contributed by atoms with Gasteiger partial charge >= 0.3 is 0 Å². The smallest absolute Gasteiger partial charge is 0.261 e. The Morgan fingerprint density at radius 1 is 1.22 bits per heavy atom. The van der Waals surface area contributed by atoms with Crippen LogP contribution in [0.15, 0.2) is 57.6 Å². The van der Waals surface area contributed by atoms with Gasteiger partial charge in [-0.05, 0) is 23.8 Å². The Labute approximate surface area is 163 Å². The van der Waals surface area contributed by atoms with Crippen LogP contribution in [0.1, 0.15) is 21.6 Å². The van der Waals surface area contributed by atoms with Crippen LogP contribution in [-0.2, 0) is 22.8 Å². The number of pyridine rings is 1. The Balaban J connectivity index is 0.00000261. The average molecular weight is 410 g/mol. The lowest BCUT2D eigenvalue weighted by atomic mass is 10.0. The first-order valence-corrected chi connectivity index (χ1v) is 9.73. The number of halogens is 1. The van der Waals surface area contributed by atoms with Crippen molar-refractivity contribution in [3.63, 3.8) is 0 Å². The van der Waals surface area contributed by atoms with Crippen molar-refractivity contribution >= 4 is 28.2 Å². The first-order valence-electron chi connectivity index (χ1n) is 8.18. The molecule has 2 aromatic rings. The molecule has 0 fully saturated rings. The highest BCUT2D eigenvalue weighted by Crippen LogP contribution is 2.11. The minimum Gasteiger partial charge on any atom is -0.348 e. The van der Waals surface area contributed by atoms with Gasteiger partial charge in [0, 0.05) is 37.2 Å². The molecule has 3 rings (SSSR count). The van der Waals surface area contributed by atoms with Crippen molar-refractivity contribution in [1.82, 2.24) is 15.6 Å². The second kappa shape index (κ2) is 8.98. The lowest BCUT2D eigenvalue weighted by molar-refractivity contribution is 0.0956. The van der Waals surface area contributed by atoms with E-state index < -0.39 is 21.3 Å². The number of hydrogen-bond acceptors (Lipinski definition) is 5. The molecule has 144 valence electrons. The van der Waals surface area contributed by atoms with Crippen LogP contribution in [0.4, 0.5) is 0 Å². The summed E-state index contributed by atoms with van der Waals surface area (Å²) in [5.41, 5.74) is 1.32. The molecule has 0 spiro atoms. The van der Waals surface area contributed by atoms with Gasteiger partial charge in [0.2, 0.25) is 0 Å². The van der Waals surface area contributed by atoms with Gasteiger partial charge in [-0.15, -0.1) is 12.4 Å². The predicted octanol–water partition coefficient (Wildman–Crippen LogP) is 1.16. The molecule has 1 aliphatic rings. The van der Waals surface area contributed by atoms with E-state index >= 15 is 0 Å². The molecule has 1 aromatic heterocycles. The molecule has 0 atom stereocenters. The van der Waals surface area contributed by atoms with E-state index in [4.69, 9.17) is 0 Å². The fourth-order valence-corrected chi connectivity index (χ4v) is 3.75. The van der Waals surface area contributed by atoms with Gasteiger partial charge in [-0.1, -0.05) is 24.3 Å². The molecule has 1 aliphatic heterocycles. The molecule has 1 aromatic carbocycles. The molecule has 0 radical (unpaired) electrons. The molecule has 7 nitrogen and oxygen atoms in total. The Morgan fingerprint density at radius 2 is 1.96 bits per heavy atom. The lowest BCUT2D eigenvalue weighted by Crippen LogP contribution is -2.33.